The zero-order valence-electron chi connectivity index (χ0n) is 15.2. The Labute approximate surface area is 154 Å². The van der Waals surface area contributed by atoms with Crippen molar-refractivity contribution in [3.63, 3.8) is 0 Å². The highest BCUT2D eigenvalue weighted by Crippen LogP contribution is 2.20. The Hall–Kier alpha value is -2.38. The highest BCUT2D eigenvalue weighted by atomic mass is 32.2. The number of hydrogen-bond acceptors (Lipinski definition) is 4. The summed E-state index contributed by atoms with van der Waals surface area (Å²) in [6.45, 7) is 5.98. The van der Waals surface area contributed by atoms with Crippen molar-refractivity contribution in [1.82, 2.24) is 4.72 Å². The summed E-state index contributed by atoms with van der Waals surface area (Å²) < 4.78 is 32.7. The minimum absolute atomic E-state index is 0.133. The number of hydrogen-bond donors (Lipinski definition) is 2. The molecule has 0 heterocycles. The highest BCUT2D eigenvalue weighted by Gasteiger charge is 2.13. The van der Waals surface area contributed by atoms with Gasteiger partial charge in [-0.1, -0.05) is 26.0 Å². The maximum Gasteiger partial charge on any atom is 0.240 e. The number of ether oxygens (including phenoxy) is 1. The SMILES string of the molecule is CC(=O)Nc1ccc(S(=O)(=O)NCCOc2cccc(C(C)C)c2)cc1. The van der Waals surface area contributed by atoms with E-state index in [9.17, 15) is 13.2 Å². The number of sulfonamides is 1. The lowest BCUT2D eigenvalue weighted by molar-refractivity contribution is -0.114. The zero-order valence-corrected chi connectivity index (χ0v) is 16.0. The van der Waals surface area contributed by atoms with E-state index >= 15 is 0 Å². The first kappa shape index (κ1) is 19.9. The fourth-order valence-electron chi connectivity index (χ4n) is 2.31. The van der Waals surface area contributed by atoms with Crippen molar-refractivity contribution in [3.8, 4) is 5.75 Å². The van der Waals surface area contributed by atoms with Crippen LogP contribution in [0.3, 0.4) is 0 Å². The molecule has 0 aliphatic carbocycles. The number of carbonyl (C=O) groups is 1. The number of rotatable bonds is 8. The summed E-state index contributed by atoms with van der Waals surface area (Å²) in [5, 5.41) is 2.59. The van der Waals surface area contributed by atoms with E-state index in [1.165, 1.54) is 24.6 Å². The Morgan fingerprint density at radius 2 is 1.81 bits per heavy atom. The molecule has 26 heavy (non-hydrogen) atoms. The van der Waals surface area contributed by atoms with Crippen LogP contribution in [0.2, 0.25) is 0 Å². The number of benzene rings is 2. The second-order valence-electron chi connectivity index (χ2n) is 6.18. The fourth-order valence-corrected chi connectivity index (χ4v) is 3.33. The lowest BCUT2D eigenvalue weighted by Gasteiger charge is -2.11. The van der Waals surface area contributed by atoms with Gasteiger partial charge in [0.2, 0.25) is 15.9 Å². The first-order valence-electron chi connectivity index (χ1n) is 8.38. The minimum Gasteiger partial charge on any atom is -0.492 e. The first-order chi connectivity index (χ1) is 12.3. The van der Waals surface area contributed by atoms with Gasteiger partial charge in [-0.3, -0.25) is 4.79 Å². The van der Waals surface area contributed by atoms with Gasteiger partial charge in [-0.05, 0) is 47.9 Å². The molecule has 1 amide bonds. The largest absolute Gasteiger partial charge is 0.492 e. The molecule has 0 aliphatic heterocycles. The summed E-state index contributed by atoms with van der Waals surface area (Å²) in [6, 6.07) is 13.7. The van der Waals surface area contributed by atoms with Crippen LogP contribution in [-0.2, 0) is 14.8 Å². The molecule has 0 aromatic heterocycles. The van der Waals surface area contributed by atoms with Crippen LogP contribution in [-0.4, -0.2) is 27.5 Å². The Balaban J connectivity index is 1.88. The van der Waals surface area contributed by atoms with Gasteiger partial charge in [0.1, 0.15) is 12.4 Å². The molecular weight excluding hydrogens is 352 g/mol. The van der Waals surface area contributed by atoms with Crippen LogP contribution in [0.4, 0.5) is 5.69 Å². The summed E-state index contributed by atoms with van der Waals surface area (Å²) in [6.07, 6.45) is 0. The first-order valence-corrected chi connectivity index (χ1v) is 9.86. The van der Waals surface area contributed by atoms with Crippen molar-refractivity contribution in [2.75, 3.05) is 18.5 Å². The molecule has 0 aliphatic rings. The summed E-state index contributed by atoms with van der Waals surface area (Å²) in [7, 11) is -3.62. The van der Waals surface area contributed by atoms with Crippen molar-refractivity contribution >= 4 is 21.6 Å². The van der Waals surface area contributed by atoms with Crippen molar-refractivity contribution in [3.05, 3.63) is 54.1 Å². The maximum absolute atomic E-state index is 12.3. The highest BCUT2D eigenvalue weighted by molar-refractivity contribution is 7.89. The Morgan fingerprint density at radius 1 is 1.12 bits per heavy atom. The standard InChI is InChI=1S/C19H24N2O4S/c1-14(2)16-5-4-6-18(13-16)25-12-11-20-26(23,24)19-9-7-17(8-10-19)21-15(3)22/h4-10,13-14,20H,11-12H2,1-3H3,(H,21,22). The van der Waals surface area contributed by atoms with Crippen LogP contribution in [0.15, 0.2) is 53.4 Å². The topological polar surface area (TPSA) is 84.5 Å². The third kappa shape index (κ3) is 5.86. The maximum atomic E-state index is 12.3. The van der Waals surface area contributed by atoms with Crippen LogP contribution >= 0.6 is 0 Å². The van der Waals surface area contributed by atoms with E-state index in [2.05, 4.69) is 23.9 Å². The average Bonchev–Trinajstić information content (AvgIpc) is 2.59. The van der Waals surface area contributed by atoms with Gasteiger partial charge in [-0.15, -0.1) is 0 Å². The summed E-state index contributed by atoms with van der Waals surface area (Å²) in [4.78, 5) is 11.1. The zero-order chi connectivity index (χ0) is 19.2. The van der Waals surface area contributed by atoms with Crippen LogP contribution in [0.25, 0.3) is 0 Å². The quantitative estimate of drug-likeness (QED) is 0.693. The van der Waals surface area contributed by atoms with E-state index in [1.807, 2.05) is 24.3 Å². The lowest BCUT2D eigenvalue weighted by Crippen LogP contribution is -2.28. The molecule has 2 rings (SSSR count). The molecule has 0 fully saturated rings. The lowest BCUT2D eigenvalue weighted by atomic mass is 10.0. The van der Waals surface area contributed by atoms with Gasteiger partial charge < -0.3 is 10.1 Å². The Kier molecular flexibility index (Phi) is 6.76. The van der Waals surface area contributed by atoms with Gasteiger partial charge in [-0.2, -0.15) is 0 Å². The number of anilines is 1. The van der Waals surface area contributed by atoms with Crippen molar-refractivity contribution < 1.29 is 17.9 Å². The third-order valence-electron chi connectivity index (χ3n) is 3.67. The van der Waals surface area contributed by atoms with Gasteiger partial charge in [0, 0.05) is 19.2 Å². The summed E-state index contributed by atoms with van der Waals surface area (Å²) in [5.74, 6) is 0.907. The predicted molar refractivity (Wildman–Crippen MR) is 102 cm³/mol. The van der Waals surface area contributed by atoms with Gasteiger partial charge in [0.05, 0.1) is 4.90 Å². The molecule has 2 aromatic carbocycles. The van der Waals surface area contributed by atoms with Gasteiger partial charge >= 0.3 is 0 Å². The molecule has 0 spiro atoms. The second kappa shape index (κ2) is 8.82. The molecule has 0 saturated heterocycles. The third-order valence-corrected chi connectivity index (χ3v) is 5.15. The Bertz CT molecular complexity index is 846. The number of amides is 1. The van der Waals surface area contributed by atoms with E-state index < -0.39 is 10.0 Å². The van der Waals surface area contributed by atoms with Gasteiger partial charge in [0.15, 0.2) is 0 Å². The van der Waals surface area contributed by atoms with Crippen molar-refractivity contribution in [2.24, 2.45) is 0 Å². The van der Waals surface area contributed by atoms with Gasteiger partial charge in [-0.25, -0.2) is 13.1 Å². The molecule has 140 valence electrons. The fraction of sp³-hybridized carbons (Fsp3) is 0.316. The molecule has 0 radical (unpaired) electrons. The van der Waals surface area contributed by atoms with Crippen LogP contribution in [0.5, 0.6) is 5.75 Å². The number of carbonyl (C=O) groups excluding carboxylic acids is 1. The number of nitrogens with one attached hydrogen (secondary N) is 2. The molecule has 2 aromatic rings. The van der Waals surface area contributed by atoms with Gasteiger partial charge in [0.25, 0.3) is 0 Å². The molecule has 0 saturated carbocycles. The second-order valence-corrected chi connectivity index (χ2v) is 7.95. The van der Waals surface area contributed by atoms with E-state index in [-0.39, 0.29) is 24.0 Å². The van der Waals surface area contributed by atoms with Crippen molar-refractivity contribution in [1.29, 1.82) is 0 Å². The molecule has 6 nitrogen and oxygen atoms in total. The van der Waals surface area contributed by atoms with Crippen LogP contribution in [0.1, 0.15) is 32.3 Å². The molecule has 2 N–H and O–H groups in total. The molecule has 0 bridgehead atoms. The van der Waals surface area contributed by atoms with Crippen molar-refractivity contribution in [2.45, 2.75) is 31.6 Å². The van der Waals surface area contributed by atoms with Crippen LogP contribution in [0, 0.1) is 0 Å². The minimum atomic E-state index is -3.62. The van der Waals surface area contributed by atoms with E-state index in [0.29, 0.717) is 11.6 Å². The monoisotopic (exact) mass is 376 g/mol. The normalized spacial score (nSPS) is 11.4. The van der Waals surface area contributed by atoms with Crippen LogP contribution < -0.4 is 14.8 Å². The molecular formula is C19H24N2O4S. The molecule has 0 unspecified atom stereocenters. The summed E-state index contributed by atoms with van der Waals surface area (Å²) >= 11 is 0. The van der Waals surface area contributed by atoms with E-state index in [4.69, 9.17) is 4.74 Å². The van der Waals surface area contributed by atoms with E-state index in [0.717, 1.165) is 5.75 Å². The summed E-state index contributed by atoms with van der Waals surface area (Å²) in [5.41, 5.74) is 1.71. The molecule has 0 atom stereocenters. The Morgan fingerprint density at radius 3 is 2.42 bits per heavy atom. The van der Waals surface area contributed by atoms with E-state index in [1.54, 1.807) is 12.1 Å². The predicted octanol–water partition coefficient (Wildman–Crippen LogP) is 3.13. The average molecular weight is 376 g/mol. The smallest absolute Gasteiger partial charge is 0.240 e. The molecule has 7 heteroatoms.